The van der Waals surface area contributed by atoms with Crippen LogP contribution < -0.4 is 19.8 Å². The number of carbonyl (C=O) groups excluding carboxylic acids is 1. The van der Waals surface area contributed by atoms with Crippen molar-refractivity contribution in [2.24, 2.45) is 0 Å². The Morgan fingerprint density at radius 2 is 1.69 bits per heavy atom. The summed E-state index contributed by atoms with van der Waals surface area (Å²) in [6.07, 6.45) is 1.46. The lowest BCUT2D eigenvalue weighted by Crippen LogP contribution is -2.30. The van der Waals surface area contributed by atoms with Gasteiger partial charge in [-0.1, -0.05) is 17.7 Å². The van der Waals surface area contributed by atoms with Gasteiger partial charge in [-0.2, -0.15) is 0 Å². The van der Waals surface area contributed by atoms with E-state index in [2.05, 4.69) is 4.98 Å². The summed E-state index contributed by atoms with van der Waals surface area (Å²) in [4.78, 5) is 33.5. The summed E-state index contributed by atoms with van der Waals surface area (Å²) in [5.41, 5.74) is 2.99. The minimum absolute atomic E-state index is 0.00403. The zero-order chi connectivity index (χ0) is 25.6. The Hall–Kier alpha value is -3.84. The van der Waals surface area contributed by atoms with Crippen molar-refractivity contribution in [1.29, 1.82) is 0 Å². The molecule has 1 unspecified atom stereocenters. The van der Waals surface area contributed by atoms with Gasteiger partial charge in [-0.3, -0.25) is 14.5 Å². The van der Waals surface area contributed by atoms with Crippen LogP contribution in [0.3, 0.4) is 0 Å². The van der Waals surface area contributed by atoms with E-state index in [1.807, 2.05) is 39.8 Å². The van der Waals surface area contributed by atoms with Gasteiger partial charge < -0.3 is 13.9 Å². The summed E-state index contributed by atoms with van der Waals surface area (Å²) < 4.78 is 17.6. The highest BCUT2D eigenvalue weighted by Crippen LogP contribution is 2.43. The smallest absolute Gasteiger partial charge is 0.296 e. The molecule has 36 heavy (non-hydrogen) atoms. The number of hydrogen-bond donors (Lipinski definition) is 0. The molecule has 4 aromatic rings. The molecule has 2 aromatic heterocycles. The molecule has 184 valence electrons. The summed E-state index contributed by atoms with van der Waals surface area (Å²) in [5.74, 6) is 1.01. The number of nitrogens with zero attached hydrogens (tertiary/aromatic N) is 2. The average Bonchev–Trinajstić information content (AvgIpc) is 3.15. The molecule has 1 amide bonds. The van der Waals surface area contributed by atoms with Crippen molar-refractivity contribution in [3.8, 4) is 11.5 Å². The third kappa shape index (κ3) is 3.89. The number of halogens is 1. The Morgan fingerprint density at radius 1 is 0.972 bits per heavy atom. The first-order valence-electron chi connectivity index (χ1n) is 11.8. The number of hydrogen-bond acceptors (Lipinski definition) is 6. The number of aryl methyl sites for hydroxylation is 2. The van der Waals surface area contributed by atoms with E-state index >= 15 is 0 Å². The summed E-state index contributed by atoms with van der Waals surface area (Å²) in [5, 5.41) is 0.863. The molecular formula is C28H25ClN2O5. The molecule has 2 aromatic carbocycles. The molecular weight excluding hydrogens is 480 g/mol. The maximum atomic E-state index is 13.9. The Morgan fingerprint density at radius 3 is 2.39 bits per heavy atom. The van der Waals surface area contributed by atoms with Crippen LogP contribution in [-0.4, -0.2) is 24.1 Å². The van der Waals surface area contributed by atoms with Crippen LogP contribution in [-0.2, 0) is 0 Å². The lowest BCUT2D eigenvalue weighted by atomic mass is 9.97. The highest BCUT2D eigenvalue weighted by atomic mass is 35.5. The second kappa shape index (κ2) is 9.32. The number of rotatable bonds is 6. The van der Waals surface area contributed by atoms with Crippen molar-refractivity contribution >= 4 is 34.3 Å². The largest absolute Gasteiger partial charge is 0.490 e. The maximum absolute atomic E-state index is 13.9. The SMILES string of the molecule is CCOc1ccc(C2c3c(oc4cc(C)c(C)cc4c3=O)C(=O)N2c2ccc(Cl)cn2)cc1OCC. The first kappa shape index (κ1) is 23.9. The van der Waals surface area contributed by atoms with Gasteiger partial charge in [0.15, 0.2) is 16.9 Å². The number of ether oxygens (including phenoxy) is 2. The highest BCUT2D eigenvalue weighted by Gasteiger charge is 2.44. The van der Waals surface area contributed by atoms with Crippen LogP contribution in [0.2, 0.25) is 5.02 Å². The summed E-state index contributed by atoms with van der Waals surface area (Å²) >= 11 is 6.06. The first-order valence-corrected chi connectivity index (χ1v) is 12.1. The number of aromatic nitrogens is 1. The molecule has 1 aliphatic rings. The molecule has 3 heterocycles. The van der Waals surface area contributed by atoms with Gasteiger partial charge in [0.25, 0.3) is 5.91 Å². The summed E-state index contributed by atoms with van der Waals surface area (Å²) in [6, 6.07) is 11.5. The molecule has 0 saturated carbocycles. The molecule has 0 saturated heterocycles. The fourth-order valence-corrected chi connectivity index (χ4v) is 4.64. The van der Waals surface area contributed by atoms with Gasteiger partial charge in [-0.15, -0.1) is 0 Å². The number of carbonyl (C=O) groups is 1. The fourth-order valence-electron chi connectivity index (χ4n) is 4.53. The van der Waals surface area contributed by atoms with E-state index in [1.54, 1.807) is 30.3 Å². The van der Waals surface area contributed by atoms with Crippen LogP contribution in [0.4, 0.5) is 5.82 Å². The zero-order valence-corrected chi connectivity index (χ0v) is 21.2. The van der Waals surface area contributed by atoms with Crippen LogP contribution in [0.5, 0.6) is 11.5 Å². The predicted octanol–water partition coefficient (Wildman–Crippen LogP) is 6.01. The highest BCUT2D eigenvalue weighted by molar-refractivity contribution is 6.30. The zero-order valence-electron chi connectivity index (χ0n) is 20.4. The normalized spacial score (nSPS) is 14.9. The molecule has 0 aliphatic carbocycles. The van der Waals surface area contributed by atoms with Gasteiger partial charge in [0.2, 0.25) is 5.76 Å². The molecule has 0 spiro atoms. The molecule has 0 N–H and O–H groups in total. The van der Waals surface area contributed by atoms with Crippen LogP contribution in [0.1, 0.15) is 52.7 Å². The van der Waals surface area contributed by atoms with E-state index in [0.717, 1.165) is 11.1 Å². The van der Waals surface area contributed by atoms with Crippen molar-refractivity contribution in [1.82, 2.24) is 4.98 Å². The topological polar surface area (TPSA) is 81.9 Å². The van der Waals surface area contributed by atoms with Gasteiger partial charge in [-0.05, 0) is 80.8 Å². The van der Waals surface area contributed by atoms with E-state index in [4.69, 9.17) is 25.5 Å². The maximum Gasteiger partial charge on any atom is 0.296 e. The van der Waals surface area contributed by atoms with Gasteiger partial charge in [0, 0.05) is 6.20 Å². The fraction of sp³-hybridized carbons (Fsp3) is 0.250. The Labute approximate surface area is 213 Å². The molecule has 0 fully saturated rings. The first-order chi connectivity index (χ1) is 17.3. The minimum Gasteiger partial charge on any atom is -0.490 e. The molecule has 1 aliphatic heterocycles. The predicted molar refractivity (Wildman–Crippen MR) is 139 cm³/mol. The second-order valence-corrected chi connectivity index (χ2v) is 9.03. The van der Waals surface area contributed by atoms with Crippen molar-refractivity contribution in [2.75, 3.05) is 18.1 Å². The third-order valence-electron chi connectivity index (χ3n) is 6.33. The number of benzene rings is 2. The molecule has 0 radical (unpaired) electrons. The number of amides is 1. The Bertz CT molecular complexity index is 1540. The van der Waals surface area contributed by atoms with E-state index in [0.29, 0.717) is 52.1 Å². The van der Waals surface area contributed by atoms with Crippen LogP contribution >= 0.6 is 11.6 Å². The lowest BCUT2D eigenvalue weighted by Gasteiger charge is -2.25. The standard InChI is InChI=1S/C28H25ClN2O5/c1-5-34-20-9-7-17(13-22(20)35-6-2)25-24-26(32)19-11-15(3)16(4)12-21(19)36-27(24)28(33)31(25)23-10-8-18(29)14-30-23/h7-14,25H,5-6H2,1-4H3. The molecule has 5 rings (SSSR count). The van der Waals surface area contributed by atoms with Crippen LogP contribution in [0.25, 0.3) is 11.0 Å². The van der Waals surface area contributed by atoms with E-state index in [9.17, 15) is 9.59 Å². The number of pyridine rings is 1. The molecule has 8 heteroatoms. The quantitative estimate of drug-likeness (QED) is 0.320. The summed E-state index contributed by atoms with van der Waals surface area (Å²) in [7, 11) is 0. The van der Waals surface area contributed by atoms with Crippen molar-refractivity contribution in [3.05, 3.63) is 91.9 Å². The van der Waals surface area contributed by atoms with Gasteiger partial charge >= 0.3 is 0 Å². The van der Waals surface area contributed by atoms with E-state index < -0.39 is 11.9 Å². The number of anilines is 1. The van der Waals surface area contributed by atoms with Crippen molar-refractivity contribution in [2.45, 2.75) is 33.7 Å². The van der Waals surface area contributed by atoms with E-state index in [1.165, 1.54) is 11.1 Å². The van der Waals surface area contributed by atoms with Crippen molar-refractivity contribution < 1.29 is 18.7 Å². The molecule has 1 atom stereocenters. The Balaban J connectivity index is 1.78. The van der Waals surface area contributed by atoms with Gasteiger partial charge in [0.1, 0.15) is 11.4 Å². The van der Waals surface area contributed by atoms with Crippen molar-refractivity contribution in [3.63, 3.8) is 0 Å². The van der Waals surface area contributed by atoms with E-state index in [-0.39, 0.29) is 16.8 Å². The molecule has 0 bridgehead atoms. The molecule has 7 nitrogen and oxygen atoms in total. The van der Waals surface area contributed by atoms with Crippen LogP contribution in [0.15, 0.2) is 57.9 Å². The van der Waals surface area contributed by atoms with Gasteiger partial charge in [0.05, 0.1) is 35.2 Å². The average molecular weight is 505 g/mol. The lowest BCUT2D eigenvalue weighted by molar-refractivity contribution is 0.0970. The summed E-state index contributed by atoms with van der Waals surface area (Å²) in [6.45, 7) is 8.55. The second-order valence-electron chi connectivity index (χ2n) is 8.59. The third-order valence-corrected chi connectivity index (χ3v) is 6.55. The van der Waals surface area contributed by atoms with Gasteiger partial charge in [-0.25, -0.2) is 4.98 Å². The number of fused-ring (bicyclic) bond motifs is 2. The monoisotopic (exact) mass is 504 g/mol. The minimum atomic E-state index is -0.779. The Kier molecular flexibility index (Phi) is 6.18. The van der Waals surface area contributed by atoms with Crippen LogP contribution in [0, 0.1) is 13.8 Å².